The molecule has 0 bridgehead atoms. The molecule has 2 atom stereocenters. The van der Waals surface area contributed by atoms with Crippen LogP contribution in [0.1, 0.15) is 19.8 Å². The summed E-state index contributed by atoms with van der Waals surface area (Å²) in [6.45, 7) is 2.13. The number of hydrogen-bond donors (Lipinski definition) is 1. The van der Waals surface area contributed by atoms with Gasteiger partial charge >= 0.3 is 6.01 Å². The van der Waals surface area contributed by atoms with Crippen molar-refractivity contribution < 1.29 is 18.0 Å². The monoisotopic (exact) mass is 348 g/mol. The maximum atomic E-state index is 13.5. The molecule has 1 unspecified atom stereocenters. The molecule has 132 valence electrons. The molecule has 1 aliphatic carbocycles. The minimum Gasteiger partial charge on any atom is -0.403 e. The third-order valence-electron chi connectivity index (χ3n) is 5.03. The first-order valence-corrected chi connectivity index (χ1v) is 8.22. The molecule has 1 aromatic carbocycles. The third-order valence-corrected chi connectivity index (χ3v) is 5.03. The maximum absolute atomic E-state index is 13.5. The number of benzene rings is 1. The van der Waals surface area contributed by atoms with Crippen molar-refractivity contribution in [2.75, 3.05) is 18.4 Å². The van der Waals surface area contributed by atoms with E-state index in [2.05, 4.69) is 15.5 Å². The number of anilines is 1. The summed E-state index contributed by atoms with van der Waals surface area (Å²) in [5.41, 5.74) is -0.215. The summed E-state index contributed by atoms with van der Waals surface area (Å²) in [5, 5.41) is 10.7. The topological polar surface area (TPSA) is 71.3 Å². The molecule has 6 nitrogen and oxygen atoms in total. The zero-order valence-corrected chi connectivity index (χ0v) is 13.7. The molecule has 1 aromatic heterocycles. The van der Waals surface area contributed by atoms with Crippen LogP contribution >= 0.6 is 0 Å². The van der Waals surface area contributed by atoms with Gasteiger partial charge in [0, 0.05) is 25.1 Å². The number of carbonyl (C=O) groups is 1. The molecule has 2 aromatic rings. The van der Waals surface area contributed by atoms with Gasteiger partial charge in [-0.25, -0.2) is 8.78 Å². The van der Waals surface area contributed by atoms with Crippen LogP contribution in [0.4, 0.5) is 14.8 Å². The Bertz CT molecular complexity index is 795. The molecule has 2 aliphatic rings. The lowest BCUT2D eigenvalue weighted by Gasteiger charge is -2.21. The number of likely N-dealkylation sites (tertiary alicyclic amines) is 1. The van der Waals surface area contributed by atoms with E-state index in [-0.39, 0.29) is 24.9 Å². The van der Waals surface area contributed by atoms with Crippen molar-refractivity contribution in [2.24, 2.45) is 5.41 Å². The van der Waals surface area contributed by atoms with E-state index in [1.54, 1.807) is 6.92 Å². The SMILES string of the molecule is C[C@@H](Nc1nnc(-c2ccccc2)o1)C(=O)N1CCC2(C1)CC2(F)F. The molecular weight excluding hydrogens is 330 g/mol. The maximum Gasteiger partial charge on any atom is 0.316 e. The summed E-state index contributed by atoms with van der Waals surface area (Å²) in [6, 6.07) is 8.77. The van der Waals surface area contributed by atoms with E-state index in [0.717, 1.165) is 5.56 Å². The number of halogens is 2. The van der Waals surface area contributed by atoms with Gasteiger partial charge in [0.25, 0.3) is 5.92 Å². The summed E-state index contributed by atoms with van der Waals surface area (Å²) in [7, 11) is 0. The molecule has 1 saturated carbocycles. The van der Waals surface area contributed by atoms with Crippen molar-refractivity contribution in [1.29, 1.82) is 0 Å². The van der Waals surface area contributed by atoms with Crippen molar-refractivity contribution in [3.63, 3.8) is 0 Å². The van der Waals surface area contributed by atoms with Gasteiger partial charge in [0.15, 0.2) is 0 Å². The highest BCUT2D eigenvalue weighted by Gasteiger charge is 2.73. The minimum atomic E-state index is -2.63. The third kappa shape index (κ3) is 2.75. The number of aromatic nitrogens is 2. The first-order valence-electron chi connectivity index (χ1n) is 8.22. The smallest absolute Gasteiger partial charge is 0.316 e. The van der Waals surface area contributed by atoms with Crippen molar-refractivity contribution in [3.8, 4) is 11.5 Å². The van der Waals surface area contributed by atoms with E-state index in [9.17, 15) is 13.6 Å². The Morgan fingerprint density at radius 2 is 2.04 bits per heavy atom. The second-order valence-electron chi connectivity index (χ2n) is 6.82. The first-order chi connectivity index (χ1) is 11.9. The van der Waals surface area contributed by atoms with E-state index in [0.29, 0.717) is 18.9 Å². The van der Waals surface area contributed by atoms with Crippen LogP contribution in [-0.4, -0.2) is 46.1 Å². The lowest BCUT2D eigenvalue weighted by atomic mass is 10.1. The van der Waals surface area contributed by atoms with Gasteiger partial charge in [0.05, 0.1) is 5.41 Å². The Labute approximate surface area is 143 Å². The highest BCUT2D eigenvalue weighted by atomic mass is 19.3. The highest BCUT2D eigenvalue weighted by Crippen LogP contribution is 2.65. The summed E-state index contributed by atoms with van der Waals surface area (Å²) >= 11 is 0. The normalized spacial score (nSPS) is 25.2. The minimum absolute atomic E-state index is 0.115. The Kier molecular flexibility index (Phi) is 3.52. The van der Waals surface area contributed by atoms with Gasteiger partial charge in [0.2, 0.25) is 11.8 Å². The molecule has 2 fully saturated rings. The number of carbonyl (C=O) groups excluding carboxylic acids is 1. The van der Waals surface area contributed by atoms with E-state index >= 15 is 0 Å². The molecule has 1 N–H and O–H groups in total. The largest absolute Gasteiger partial charge is 0.403 e. The van der Waals surface area contributed by atoms with Crippen molar-refractivity contribution in [2.45, 2.75) is 31.7 Å². The van der Waals surface area contributed by atoms with E-state index in [1.165, 1.54) is 4.90 Å². The molecule has 2 heterocycles. The Morgan fingerprint density at radius 1 is 1.32 bits per heavy atom. The van der Waals surface area contributed by atoms with E-state index in [1.807, 2.05) is 30.3 Å². The van der Waals surface area contributed by atoms with Gasteiger partial charge in [-0.3, -0.25) is 4.79 Å². The van der Waals surface area contributed by atoms with E-state index in [4.69, 9.17) is 4.42 Å². The van der Waals surface area contributed by atoms with Crippen LogP contribution in [0.25, 0.3) is 11.5 Å². The second kappa shape index (κ2) is 5.50. The average Bonchev–Trinajstić information content (AvgIpc) is 3.00. The molecule has 8 heteroatoms. The predicted octanol–water partition coefficient (Wildman–Crippen LogP) is 2.79. The zero-order chi connectivity index (χ0) is 17.7. The number of nitrogens with one attached hydrogen (secondary N) is 1. The van der Waals surface area contributed by atoms with Gasteiger partial charge in [-0.15, -0.1) is 5.10 Å². The van der Waals surface area contributed by atoms with Crippen LogP contribution in [0.2, 0.25) is 0 Å². The van der Waals surface area contributed by atoms with Gasteiger partial charge in [-0.2, -0.15) is 0 Å². The van der Waals surface area contributed by atoms with Crippen LogP contribution in [0, 0.1) is 5.41 Å². The van der Waals surface area contributed by atoms with Crippen LogP contribution in [0.15, 0.2) is 34.7 Å². The van der Waals surface area contributed by atoms with Crippen LogP contribution in [0.5, 0.6) is 0 Å². The van der Waals surface area contributed by atoms with Crippen molar-refractivity contribution >= 4 is 11.9 Å². The molecule has 4 rings (SSSR count). The highest BCUT2D eigenvalue weighted by molar-refractivity contribution is 5.84. The predicted molar refractivity (Wildman–Crippen MR) is 86.0 cm³/mol. The molecule has 1 spiro atoms. The summed E-state index contributed by atoms with van der Waals surface area (Å²) in [4.78, 5) is 14.0. The number of alkyl halides is 2. The van der Waals surface area contributed by atoms with Gasteiger partial charge < -0.3 is 14.6 Å². The van der Waals surface area contributed by atoms with E-state index < -0.39 is 17.4 Å². The van der Waals surface area contributed by atoms with Gasteiger partial charge in [-0.05, 0) is 25.5 Å². The van der Waals surface area contributed by atoms with Crippen LogP contribution < -0.4 is 5.32 Å². The molecule has 1 amide bonds. The lowest BCUT2D eigenvalue weighted by molar-refractivity contribution is -0.131. The number of nitrogens with zero attached hydrogens (tertiary/aromatic N) is 3. The lowest BCUT2D eigenvalue weighted by Crippen LogP contribution is -2.40. The molecule has 25 heavy (non-hydrogen) atoms. The quantitative estimate of drug-likeness (QED) is 0.920. The van der Waals surface area contributed by atoms with Gasteiger partial charge in [-0.1, -0.05) is 23.3 Å². The Hall–Kier alpha value is -2.51. The zero-order valence-electron chi connectivity index (χ0n) is 13.7. The number of hydrogen-bond acceptors (Lipinski definition) is 5. The van der Waals surface area contributed by atoms with Gasteiger partial charge in [0.1, 0.15) is 6.04 Å². The molecule has 1 aliphatic heterocycles. The fraction of sp³-hybridized carbons (Fsp3) is 0.471. The number of amides is 1. The Balaban J connectivity index is 1.39. The summed E-state index contributed by atoms with van der Waals surface area (Å²) in [6.07, 6.45) is 0.243. The fourth-order valence-electron chi connectivity index (χ4n) is 3.38. The van der Waals surface area contributed by atoms with Crippen molar-refractivity contribution in [1.82, 2.24) is 15.1 Å². The second-order valence-corrected chi connectivity index (χ2v) is 6.82. The van der Waals surface area contributed by atoms with Crippen molar-refractivity contribution in [3.05, 3.63) is 30.3 Å². The standard InChI is InChI=1S/C17H18F2N4O2/c1-11(14(24)23-8-7-16(10-23)9-17(16,18)19)20-15-22-21-13(25-15)12-5-3-2-4-6-12/h2-6,11H,7-10H2,1H3,(H,20,22)/t11-,16?/m1/s1. The van der Waals surface area contributed by atoms with Crippen LogP contribution in [-0.2, 0) is 4.79 Å². The molecular formula is C17H18F2N4O2. The number of rotatable bonds is 4. The molecule has 0 radical (unpaired) electrons. The average molecular weight is 348 g/mol. The fourth-order valence-corrected chi connectivity index (χ4v) is 3.38. The summed E-state index contributed by atoms with van der Waals surface area (Å²) < 4.78 is 32.4. The molecule has 1 saturated heterocycles. The van der Waals surface area contributed by atoms with Crippen LogP contribution in [0.3, 0.4) is 0 Å². The Morgan fingerprint density at radius 3 is 2.68 bits per heavy atom. The first kappa shape index (κ1) is 16.0. The summed E-state index contributed by atoms with van der Waals surface area (Å²) in [5.74, 6) is -2.52.